The molecular formula is C26H35N5O4. The molecule has 9 heteroatoms. The highest BCUT2D eigenvalue weighted by molar-refractivity contribution is 6.01. The van der Waals surface area contributed by atoms with E-state index in [9.17, 15) is 14.4 Å². The van der Waals surface area contributed by atoms with Crippen molar-refractivity contribution in [1.82, 2.24) is 25.3 Å². The van der Waals surface area contributed by atoms with Gasteiger partial charge in [-0.25, -0.2) is 0 Å². The predicted molar refractivity (Wildman–Crippen MR) is 131 cm³/mol. The quantitative estimate of drug-likeness (QED) is 0.603. The average Bonchev–Trinajstić information content (AvgIpc) is 3.28. The van der Waals surface area contributed by atoms with Gasteiger partial charge < -0.3 is 20.3 Å². The van der Waals surface area contributed by atoms with Crippen LogP contribution in [0.15, 0.2) is 30.3 Å². The molecule has 3 amide bonds. The minimum atomic E-state index is -1.07. The zero-order valence-corrected chi connectivity index (χ0v) is 20.8. The van der Waals surface area contributed by atoms with E-state index >= 15 is 0 Å². The Morgan fingerprint density at radius 1 is 1.17 bits per heavy atom. The lowest BCUT2D eigenvalue weighted by molar-refractivity contribution is -0.133. The first-order chi connectivity index (χ1) is 16.8. The lowest BCUT2D eigenvalue weighted by Crippen LogP contribution is -2.63. The fraction of sp³-hybridized carbons (Fsp3) is 0.538. The van der Waals surface area contributed by atoms with Crippen LogP contribution in [0.4, 0.5) is 0 Å². The summed E-state index contributed by atoms with van der Waals surface area (Å²) in [5.74, 6) is -0.0270. The highest BCUT2D eigenvalue weighted by Gasteiger charge is 2.46. The van der Waals surface area contributed by atoms with Gasteiger partial charge >= 0.3 is 0 Å². The Bertz CT molecular complexity index is 1070. The van der Waals surface area contributed by atoms with Crippen molar-refractivity contribution in [3.63, 3.8) is 0 Å². The summed E-state index contributed by atoms with van der Waals surface area (Å²) in [5, 5.41) is 10.4. The lowest BCUT2D eigenvalue weighted by Gasteiger charge is -2.41. The minimum Gasteiger partial charge on any atom is -0.494 e. The van der Waals surface area contributed by atoms with E-state index in [0.717, 1.165) is 37.0 Å². The second-order valence-electron chi connectivity index (χ2n) is 9.60. The van der Waals surface area contributed by atoms with Crippen LogP contribution in [0.2, 0.25) is 0 Å². The van der Waals surface area contributed by atoms with Gasteiger partial charge in [-0.2, -0.15) is 5.10 Å². The molecular weight excluding hydrogens is 446 g/mol. The van der Waals surface area contributed by atoms with E-state index in [2.05, 4.69) is 15.7 Å². The largest absolute Gasteiger partial charge is 0.494 e. The molecule has 0 saturated heterocycles. The number of ether oxygens (including phenoxy) is 1. The van der Waals surface area contributed by atoms with Crippen LogP contribution in [0.3, 0.4) is 0 Å². The van der Waals surface area contributed by atoms with Gasteiger partial charge in [0.1, 0.15) is 17.0 Å². The zero-order valence-electron chi connectivity index (χ0n) is 20.8. The molecule has 0 spiro atoms. The molecule has 1 aromatic heterocycles. The number of hydrogen-bond donors (Lipinski definition) is 2. The van der Waals surface area contributed by atoms with E-state index in [1.165, 1.54) is 22.1 Å². The monoisotopic (exact) mass is 481 g/mol. The number of nitrogens with one attached hydrogen (secondary N) is 2. The molecule has 1 aliphatic heterocycles. The first-order valence-electron chi connectivity index (χ1n) is 12.5. The smallest absolute Gasteiger partial charge is 0.272 e. The van der Waals surface area contributed by atoms with E-state index in [0.29, 0.717) is 25.3 Å². The summed E-state index contributed by atoms with van der Waals surface area (Å²) in [7, 11) is 1.63. The highest BCUT2D eigenvalue weighted by Crippen LogP contribution is 2.27. The van der Waals surface area contributed by atoms with Crippen molar-refractivity contribution >= 4 is 17.7 Å². The van der Waals surface area contributed by atoms with Gasteiger partial charge in [-0.15, -0.1) is 0 Å². The Kier molecular flexibility index (Phi) is 7.42. The molecule has 1 atom stereocenters. The van der Waals surface area contributed by atoms with Crippen molar-refractivity contribution in [3.05, 3.63) is 47.3 Å². The second kappa shape index (κ2) is 10.5. The van der Waals surface area contributed by atoms with Gasteiger partial charge in [-0.05, 0) is 50.8 Å². The molecule has 2 aromatic rings. The summed E-state index contributed by atoms with van der Waals surface area (Å²) >= 11 is 0. The number of fused-ring (bicyclic) bond motifs is 1. The maximum atomic E-state index is 13.2. The number of amides is 3. The van der Waals surface area contributed by atoms with Crippen LogP contribution >= 0.6 is 0 Å². The molecule has 188 valence electrons. The summed E-state index contributed by atoms with van der Waals surface area (Å²) in [4.78, 5) is 40.5. The fourth-order valence-electron chi connectivity index (χ4n) is 4.76. The number of hydrogen-bond acceptors (Lipinski definition) is 5. The Hall–Kier alpha value is -3.36. The van der Waals surface area contributed by atoms with Crippen LogP contribution in [0.1, 0.15) is 72.5 Å². The second-order valence-corrected chi connectivity index (χ2v) is 9.60. The summed E-state index contributed by atoms with van der Waals surface area (Å²) in [6.45, 7) is 4.94. The highest BCUT2D eigenvalue weighted by atomic mass is 16.5. The van der Waals surface area contributed by atoms with Gasteiger partial charge in [0.05, 0.1) is 13.2 Å². The first kappa shape index (κ1) is 24.8. The van der Waals surface area contributed by atoms with Crippen molar-refractivity contribution in [3.8, 4) is 5.75 Å². The first-order valence-corrected chi connectivity index (χ1v) is 12.5. The van der Waals surface area contributed by atoms with E-state index in [1.54, 1.807) is 14.0 Å². The van der Waals surface area contributed by atoms with E-state index in [-0.39, 0.29) is 36.0 Å². The van der Waals surface area contributed by atoms with Gasteiger partial charge in [-0.3, -0.25) is 19.1 Å². The Morgan fingerprint density at radius 2 is 1.89 bits per heavy atom. The Morgan fingerprint density at radius 3 is 2.57 bits per heavy atom. The number of aromatic nitrogens is 2. The molecule has 0 unspecified atom stereocenters. The molecule has 1 aliphatic carbocycles. The van der Waals surface area contributed by atoms with E-state index in [1.807, 2.05) is 31.2 Å². The van der Waals surface area contributed by atoms with Gasteiger partial charge in [0.15, 0.2) is 5.69 Å². The molecule has 1 aromatic carbocycles. The van der Waals surface area contributed by atoms with Gasteiger partial charge in [0.25, 0.3) is 11.8 Å². The molecule has 1 fully saturated rings. The molecule has 0 radical (unpaired) electrons. The maximum absolute atomic E-state index is 13.2. The topological polar surface area (TPSA) is 106 Å². The third kappa shape index (κ3) is 5.33. The van der Waals surface area contributed by atoms with Crippen LogP contribution in [-0.4, -0.2) is 64.2 Å². The number of nitrogens with zero attached hydrogens (tertiary/aromatic N) is 3. The predicted octanol–water partition coefficient (Wildman–Crippen LogP) is 2.55. The molecule has 0 bridgehead atoms. The Balaban J connectivity index is 1.38. The summed E-state index contributed by atoms with van der Waals surface area (Å²) < 4.78 is 6.94. The molecule has 2 aliphatic rings. The van der Waals surface area contributed by atoms with Crippen LogP contribution in [0, 0.1) is 0 Å². The number of carbonyl (C=O) groups is 3. The summed E-state index contributed by atoms with van der Waals surface area (Å²) in [5.41, 5.74) is 0.488. The molecule has 2 N–H and O–H groups in total. The molecule has 35 heavy (non-hydrogen) atoms. The molecule has 1 saturated carbocycles. The van der Waals surface area contributed by atoms with Crippen LogP contribution < -0.4 is 15.4 Å². The molecule has 9 nitrogen and oxygen atoms in total. The number of rotatable bonds is 8. The van der Waals surface area contributed by atoms with Crippen LogP contribution in [-0.2, 0) is 17.8 Å². The van der Waals surface area contributed by atoms with E-state index < -0.39 is 5.54 Å². The Labute approximate surface area is 206 Å². The van der Waals surface area contributed by atoms with Gasteiger partial charge in [0, 0.05) is 25.7 Å². The van der Waals surface area contributed by atoms with Crippen molar-refractivity contribution in [2.45, 2.75) is 70.5 Å². The normalized spacial score (nSPS) is 20.3. The van der Waals surface area contributed by atoms with Crippen LogP contribution in [0.5, 0.6) is 5.75 Å². The third-order valence-electron chi connectivity index (χ3n) is 7.10. The molecule has 2 heterocycles. The van der Waals surface area contributed by atoms with Crippen molar-refractivity contribution in [1.29, 1.82) is 0 Å². The number of likely N-dealkylation sites (N-methyl/N-ethyl adjacent to an activating group) is 1. The zero-order chi connectivity index (χ0) is 25.0. The summed E-state index contributed by atoms with van der Waals surface area (Å²) in [6, 6.07) is 9.41. The number of benzene rings is 1. The standard InChI is InChI=1S/C26H35N5O4/c1-4-35-20-12-10-18(11-13-20)14-15-27-23(32)21-16-22-24(33)30(3)26(2,17-31(22)29-21)25(34)28-19-8-6-5-7-9-19/h10-13,16,19H,4-9,14-15,17H2,1-3H3,(H,27,32)(H,28,34)/t26-/m1/s1. The van der Waals surface area contributed by atoms with Crippen molar-refractivity contribution in [2.75, 3.05) is 20.2 Å². The van der Waals surface area contributed by atoms with Crippen molar-refractivity contribution < 1.29 is 19.1 Å². The minimum absolute atomic E-state index is 0.146. The van der Waals surface area contributed by atoms with E-state index in [4.69, 9.17) is 4.74 Å². The summed E-state index contributed by atoms with van der Waals surface area (Å²) in [6.07, 6.45) is 6.01. The van der Waals surface area contributed by atoms with Crippen LogP contribution in [0.25, 0.3) is 0 Å². The SMILES string of the molecule is CCOc1ccc(CCNC(=O)c2cc3n(n2)C[C@](C)(C(=O)NC2CCCCC2)N(C)C3=O)cc1. The van der Waals surface area contributed by atoms with Gasteiger partial charge in [0.2, 0.25) is 5.91 Å². The number of carbonyl (C=O) groups excluding carboxylic acids is 3. The average molecular weight is 482 g/mol. The molecule has 4 rings (SSSR count). The van der Waals surface area contributed by atoms with Crippen molar-refractivity contribution in [2.24, 2.45) is 0 Å². The lowest BCUT2D eigenvalue weighted by atomic mass is 9.92. The van der Waals surface area contributed by atoms with Gasteiger partial charge in [-0.1, -0.05) is 31.4 Å². The maximum Gasteiger partial charge on any atom is 0.272 e. The third-order valence-corrected chi connectivity index (χ3v) is 7.10. The fourth-order valence-corrected chi connectivity index (χ4v) is 4.76.